The number of aromatic nitrogens is 2. The van der Waals surface area contributed by atoms with Crippen molar-refractivity contribution in [1.29, 1.82) is 0 Å². The number of fused-ring (bicyclic) bond motifs is 1. The second-order valence-corrected chi connectivity index (χ2v) is 4.31. The molecule has 0 aromatic carbocycles. The summed E-state index contributed by atoms with van der Waals surface area (Å²) in [5.74, 6) is 0. The maximum Gasteiger partial charge on any atom is 0.194 e. The van der Waals surface area contributed by atoms with Crippen molar-refractivity contribution in [3.05, 3.63) is 29.0 Å². The van der Waals surface area contributed by atoms with Gasteiger partial charge in [-0.1, -0.05) is 5.57 Å². The summed E-state index contributed by atoms with van der Waals surface area (Å²) in [4.78, 5) is 5.47. The van der Waals surface area contributed by atoms with E-state index >= 15 is 0 Å². The zero-order chi connectivity index (χ0) is 10.1. The molecular weight excluding hydrogens is 194 g/mol. The number of thiazole rings is 1. The lowest BCUT2D eigenvalue weighted by Gasteiger charge is -2.02. The molecule has 14 heavy (non-hydrogen) atoms. The van der Waals surface area contributed by atoms with Crippen LogP contribution in [0.25, 0.3) is 11.0 Å². The fourth-order valence-corrected chi connectivity index (χ4v) is 1.89. The molecule has 0 saturated carbocycles. The average molecular weight is 207 g/mol. The topological polar surface area (TPSA) is 43.3 Å². The van der Waals surface area contributed by atoms with Gasteiger partial charge in [-0.05, 0) is 19.9 Å². The minimum atomic E-state index is 0.0923. The molecule has 0 aliphatic heterocycles. The number of hydrogen-bond donors (Lipinski definition) is 1. The summed E-state index contributed by atoms with van der Waals surface area (Å²) in [6.45, 7) is 4.00. The molecule has 74 valence electrons. The second kappa shape index (κ2) is 3.55. The van der Waals surface area contributed by atoms with Crippen LogP contribution in [0.3, 0.4) is 0 Å². The largest absolute Gasteiger partial charge is 0.324 e. The molecule has 0 amide bonds. The summed E-state index contributed by atoms with van der Waals surface area (Å²) < 4.78 is 2.02. The molecule has 2 aromatic heterocycles. The monoisotopic (exact) mass is 207 g/mol. The average Bonchev–Trinajstić information content (AvgIpc) is 2.63. The lowest BCUT2D eigenvalue weighted by Crippen LogP contribution is -2.15. The number of rotatable bonds is 2. The van der Waals surface area contributed by atoms with E-state index in [9.17, 15) is 0 Å². The first-order chi connectivity index (χ1) is 6.66. The Balaban J connectivity index is 2.36. The van der Waals surface area contributed by atoms with Gasteiger partial charge in [0.15, 0.2) is 4.96 Å². The molecule has 3 nitrogen and oxygen atoms in total. The van der Waals surface area contributed by atoms with Gasteiger partial charge in [0, 0.05) is 23.8 Å². The first-order valence-corrected chi connectivity index (χ1v) is 5.41. The highest BCUT2D eigenvalue weighted by Gasteiger charge is 2.01. The quantitative estimate of drug-likeness (QED) is 0.820. The number of imidazole rings is 1. The zero-order valence-electron chi connectivity index (χ0n) is 8.27. The van der Waals surface area contributed by atoms with Crippen molar-refractivity contribution in [1.82, 2.24) is 9.38 Å². The summed E-state index contributed by atoms with van der Waals surface area (Å²) in [6.07, 6.45) is 6.05. The van der Waals surface area contributed by atoms with Gasteiger partial charge in [-0.2, -0.15) is 0 Å². The Morgan fingerprint density at radius 3 is 3.14 bits per heavy atom. The highest BCUT2D eigenvalue weighted by molar-refractivity contribution is 7.15. The summed E-state index contributed by atoms with van der Waals surface area (Å²) >= 11 is 1.63. The molecule has 0 spiro atoms. The summed E-state index contributed by atoms with van der Waals surface area (Å²) in [5.41, 5.74) is 7.88. The van der Waals surface area contributed by atoms with Crippen LogP contribution in [0.4, 0.5) is 0 Å². The molecule has 2 N–H and O–H groups in total. The smallest absolute Gasteiger partial charge is 0.194 e. The van der Waals surface area contributed by atoms with E-state index in [0.29, 0.717) is 0 Å². The lowest BCUT2D eigenvalue weighted by molar-refractivity contribution is 0.867. The maximum atomic E-state index is 5.75. The van der Waals surface area contributed by atoms with E-state index in [1.807, 2.05) is 42.1 Å². The predicted molar refractivity (Wildman–Crippen MR) is 60.4 cm³/mol. The third-order valence-electron chi connectivity index (χ3n) is 2.21. The van der Waals surface area contributed by atoms with Gasteiger partial charge >= 0.3 is 0 Å². The van der Waals surface area contributed by atoms with Crippen molar-refractivity contribution in [3.63, 3.8) is 0 Å². The summed E-state index contributed by atoms with van der Waals surface area (Å²) in [6, 6.07) is 0.0923. The highest BCUT2D eigenvalue weighted by atomic mass is 32.1. The van der Waals surface area contributed by atoms with Crippen LogP contribution < -0.4 is 5.73 Å². The van der Waals surface area contributed by atoms with Gasteiger partial charge in [0.25, 0.3) is 0 Å². The second-order valence-electron chi connectivity index (χ2n) is 3.44. The van der Waals surface area contributed by atoms with Crippen molar-refractivity contribution < 1.29 is 0 Å². The van der Waals surface area contributed by atoms with E-state index in [2.05, 4.69) is 4.98 Å². The van der Waals surface area contributed by atoms with Gasteiger partial charge in [0.2, 0.25) is 0 Å². The number of nitrogens with zero attached hydrogens (tertiary/aromatic N) is 2. The van der Waals surface area contributed by atoms with E-state index < -0.39 is 0 Å². The molecule has 2 heterocycles. The van der Waals surface area contributed by atoms with E-state index in [1.54, 1.807) is 11.3 Å². The van der Waals surface area contributed by atoms with Gasteiger partial charge in [-0.25, -0.2) is 4.98 Å². The molecule has 4 heteroatoms. The Labute approximate surface area is 86.9 Å². The van der Waals surface area contributed by atoms with Crippen molar-refractivity contribution in [2.45, 2.75) is 19.9 Å². The van der Waals surface area contributed by atoms with Crippen LogP contribution in [0.15, 0.2) is 23.3 Å². The minimum absolute atomic E-state index is 0.0923. The van der Waals surface area contributed by atoms with Crippen LogP contribution in [0.2, 0.25) is 0 Å². The van der Waals surface area contributed by atoms with Gasteiger partial charge in [0.05, 0.1) is 5.69 Å². The van der Waals surface area contributed by atoms with Crippen LogP contribution in [0, 0.1) is 0 Å². The molecule has 0 fully saturated rings. The Morgan fingerprint density at radius 1 is 1.71 bits per heavy atom. The van der Waals surface area contributed by atoms with Crippen LogP contribution in [-0.4, -0.2) is 15.4 Å². The van der Waals surface area contributed by atoms with Crippen molar-refractivity contribution in [2.75, 3.05) is 0 Å². The first kappa shape index (κ1) is 9.43. The highest BCUT2D eigenvalue weighted by Crippen LogP contribution is 2.14. The zero-order valence-corrected chi connectivity index (χ0v) is 9.08. The van der Waals surface area contributed by atoms with E-state index in [1.165, 1.54) is 0 Å². The minimum Gasteiger partial charge on any atom is -0.324 e. The molecule has 2 aromatic rings. The van der Waals surface area contributed by atoms with E-state index in [0.717, 1.165) is 16.2 Å². The Hall–Kier alpha value is -1.13. The van der Waals surface area contributed by atoms with Crippen LogP contribution in [0.5, 0.6) is 0 Å². The van der Waals surface area contributed by atoms with Gasteiger partial charge < -0.3 is 5.73 Å². The third-order valence-corrected chi connectivity index (χ3v) is 2.98. The van der Waals surface area contributed by atoms with Crippen LogP contribution in [-0.2, 0) is 0 Å². The van der Waals surface area contributed by atoms with Gasteiger partial charge in [-0.3, -0.25) is 4.40 Å². The van der Waals surface area contributed by atoms with Gasteiger partial charge in [0.1, 0.15) is 0 Å². The van der Waals surface area contributed by atoms with Crippen LogP contribution >= 0.6 is 11.3 Å². The lowest BCUT2D eigenvalue weighted by atomic mass is 10.1. The Bertz CT molecular complexity index is 436. The van der Waals surface area contributed by atoms with Crippen LogP contribution in [0.1, 0.15) is 19.5 Å². The molecule has 1 unspecified atom stereocenters. The van der Waals surface area contributed by atoms with Crippen molar-refractivity contribution >= 4 is 22.4 Å². The standard InChI is InChI=1S/C10H13N3S/c1-7(8(2)11)5-9-6-13-3-4-14-10(13)12-9/h3-6,8H,11H2,1-2H3/b7-5+. The maximum absolute atomic E-state index is 5.75. The third kappa shape index (κ3) is 1.71. The molecule has 0 radical (unpaired) electrons. The van der Waals surface area contributed by atoms with Gasteiger partial charge in [-0.15, -0.1) is 11.3 Å². The fraction of sp³-hybridized carbons (Fsp3) is 0.300. The normalized spacial score (nSPS) is 14.9. The summed E-state index contributed by atoms with van der Waals surface area (Å²) in [5, 5.41) is 2.02. The molecule has 0 aliphatic carbocycles. The first-order valence-electron chi connectivity index (χ1n) is 4.53. The molecule has 0 bridgehead atoms. The molecule has 0 aliphatic rings. The summed E-state index contributed by atoms with van der Waals surface area (Å²) in [7, 11) is 0. The van der Waals surface area contributed by atoms with E-state index in [4.69, 9.17) is 5.73 Å². The SMILES string of the molecule is C/C(=C\c1cn2ccsc2n1)C(C)N. The molecular formula is C10H13N3S. The van der Waals surface area contributed by atoms with Crippen molar-refractivity contribution in [2.24, 2.45) is 5.73 Å². The molecule has 1 atom stereocenters. The Morgan fingerprint density at radius 2 is 2.50 bits per heavy atom. The Kier molecular flexibility index (Phi) is 2.39. The van der Waals surface area contributed by atoms with E-state index in [-0.39, 0.29) is 6.04 Å². The predicted octanol–water partition coefficient (Wildman–Crippen LogP) is 2.15. The number of hydrogen-bond acceptors (Lipinski definition) is 3. The fourth-order valence-electron chi connectivity index (χ4n) is 1.18. The molecule has 2 rings (SSSR count). The molecule has 0 saturated heterocycles. The number of nitrogens with two attached hydrogens (primary N) is 1. The van der Waals surface area contributed by atoms with Crippen molar-refractivity contribution in [3.8, 4) is 0 Å².